The molecule has 0 unspecified atom stereocenters. The van der Waals surface area contributed by atoms with Crippen LogP contribution in [0.25, 0.3) is 0 Å². The molecule has 0 radical (unpaired) electrons. The second-order valence-corrected chi connectivity index (χ2v) is 5.98. The lowest BCUT2D eigenvalue weighted by molar-refractivity contribution is 0.581. The number of aromatic nitrogens is 3. The molecule has 0 aromatic carbocycles. The lowest BCUT2D eigenvalue weighted by atomic mass is 10.3. The van der Waals surface area contributed by atoms with Gasteiger partial charge in [-0.15, -0.1) is 0 Å². The lowest BCUT2D eigenvalue weighted by Gasteiger charge is -2.11. The zero-order valence-corrected chi connectivity index (χ0v) is 12.2. The van der Waals surface area contributed by atoms with Gasteiger partial charge >= 0.3 is 0 Å². The van der Waals surface area contributed by atoms with E-state index in [0.29, 0.717) is 12.2 Å². The Bertz CT molecular complexity index is 681. The molecule has 2 heterocycles. The average molecular weight is 295 g/mol. The largest absolute Gasteiger partial charge is 0.384 e. The minimum Gasteiger partial charge on any atom is -0.384 e. The van der Waals surface area contributed by atoms with Gasteiger partial charge in [0.25, 0.3) is 0 Å². The Kier molecular flexibility index (Phi) is 4.35. The van der Waals surface area contributed by atoms with Gasteiger partial charge in [-0.05, 0) is 19.9 Å². The number of nitrogens with zero attached hydrogens (tertiary/aromatic N) is 2. The monoisotopic (exact) mass is 295 g/mol. The van der Waals surface area contributed by atoms with Crippen LogP contribution < -0.4 is 10.0 Å². The van der Waals surface area contributed by atoms with Crippen LogP contribution in [0.1, 0.15) is 18.2 Å². The number of rotatable bonds is 6. The summed E-state index contributed by atoms with van der Waals surface area (Å²) in [5.41, 5.74) is 2.19. The molecule has 108 valence electrons. The molecule has 0 saturated carbocycles. The predicted octanol–water partition coefficient (Wildman–Crippen LogP) is 1.02. The summed E-state index contributed by atoms with van der Waals surface area (Å²) < 4.78 is 27.2. The van der Waals surface area contributed by atoms with Crippen molar-refractivity contribution in [1.29, 1.82) is 0 Å². The van der Waals surface area contributed by atoms with Crippen LogP contribution in [-0.4, -0.2) is 30.1 Å². The van der Waals surface area contributed by atoms with E-state index in [9.17, 15) is 8.42 Å². The van der Waals surface area contributed by atoms with Crippen LogP contribution >= 0.6 is 0 Å². The molecule has 3 N–H and O–H groups in total. The maximum Gasteiger partial charge on any atom is 0.244 e. The molecule has 0 amide bonds. The zero-order valence-electron chi connectivity index (χ0n) is 11.3. The average Bonchev–Trinajstić information content (AvgIpc) is 2.83. The van der Waals surface area contributed by atoms with Crippen LogP contribution in [0.3, 0.4) is 0 Å². The van der Waals surface area contributed by atoms with Crippen LogP contribution in [-0.2, 0) is 16.6 Å². The summed E-state index contributed by atoms with van der Waals surface area (Å²) in [5, 5.41) is 9.63. The van der Waals surface area contributed by atoms with Gasteiger partial charge in [0.1, 0.15) is 4.90 Å². The molecule has 0 fully saturated rings. The van der Waals surface area contributed by atoms with Gasteiger partial charge in [0.05, 0.1) is 11.9 Å². The number of pyridine rings is 1. The van der Waals surface area contributed by atoms with E-state index < -0.39 is 10.0 Å². The number of hydrogen-bond donors (Lipinski definition) is 3. The first-order chi connectivity index (χ1) is 9.54. The van der Waals surface area contributed by atoms with Gasteiger partial charge in [-0.1, -0.05) is 0 Å². The van der Waals surface area contributed by atoms with Crippen molar-refractivity contribution in [2.75, 3.05) is 11.9 Å². The smallest absolute Gasteiger partial charge is 0.244 e. The van der Waals surface area contributed by atoms with Crippen molar-refractivity contribution in [2.24, 2.45) is 0 Å². The summed E-state index contributed by atoms with van der Waals surface area (Å²) in [6.45, 7) is 4.56. The maximum absolute atomic E-state index is 12.3. The number of aromatic amines is 1. The molecular weight excluding hydrogens is 278 g/mol. The van der Waals surface area contributed by atoms with Crippen LogP contribution in [0, 0.1) is 6.92 Å². The fourth-order valence-electron chi connectivity index (χ4n) is 1.73. The SMILES string of the molecule is CCNc1ccncc1S(=O)(=O)NCc1cn[nH]c1C. The fourth-order valence-corrected chi connectivity index (χ4v) is 2.87. The van der Waals surface area contributed by atoms with Gasteiger partial charge in [-0.2, -0.15) is 5.10 Å². The first kappa shape index (κ1) is 14.5. The minimum atomic E-state index is -3.62. The molecule has 8 heteroatoms. The highest BCUT2D eigenvalue weighted by Crippen LogP contribution is 2.19. The van der Waals surface area contributed by atoms with Gasteiger partial charge in [0, 0.05) is 36.7 Å². The molecule has 0 bridgehead atoms. The van der Waals surface area contributed by atoms with Crippen molar-refractivity contribution in [3.05, 3.63) is 35.9 Å². The first-order valence-electron chi connectivity index (χ1n) is 6.21. The zero-order chi connectivity index (χ0) is 14.6. The highest BCUT2D eigenvalue weighted by molar-refractivity contribution is 7.89. The summed E-state index contributed by atoms with van der Waals surface area (Å²) in [6, 6.07) is 1.64. The minimum absolute atomic E-state index is 0.142. The van der Waals surface area contributed by atoms with E-state index in [1.54, 1.807) is 18.5 Å². The normalized spacial score (nSPS) is 11.5. The Balaban J connectivity index is 2.20. The number of H-pyrrole nitrogens is 1. The highest BCUT2D eigenvalue weighted by atomic mass is 32.2. The van der Waals surface area contributed by atoms with Crippen molar-refractivity contribution in [1.82, 2.24) is 19.9 Å². The van der Waals surface area contributed by atoms with Crippen LogP contribution in [0.5, 0.6) is 0 Å². The van der Waals surface area contributed by atoms with E-state index in [0.717, 1.165) is 11.3 Å². The molecule has 2 aromatic rings. The molecule has 0 aliphatic rings. The lowest BCUT2D eigenvalue weighted by Crippen LogP contribution is -2.24. The van der Waals surface area contributed by atoms with Crippen molar-refractivity contribution < 1.29 is 8.42 Å². The second-order valence-electron chi connectivity index (χ2n) is 4.25. The van der Waals surface area contributed by atoms with E-state index >= 15 is 0 Å². The Morgan fingerprint density at radius 3 is 2.80 bits per heavy atom. The Morgan fingerprint density at radius 2 is 2.15 bits per heavy atom. The highest BCUT2D eigenvalue weighted by Gasteiger charge is 2.18. The fraction of sp³-hybridized carbons (Fsp3) is 0.333. The van der Waals surface area contributed by atoms with Crippen LogP contribution in [0.4, 0.5) is 5.69 Å². The molecule has 0 aliphatic heterocycles. The molecule has 0 spiro atoms. The van der Waals surface area contributed by atoms with Gasteiger partial charge in [-0.3, -0.25) is 10.1 Å². The maximum atomic E-state index is 12.3. The van der Waals surface area contributed by atoms with Crippen LogP contribution in [0.2, 0.25) is 0 Å². The number of anilines is 1. The van der Waals surface area contributed by atoms with Crippen LogP contribution in [0.15, 0.2) is 29.6 Å². The van der Waals surface area contributed by atoms with E-state index in [4.69, 9.17) is 0 Å². The topological polar surface area (TPSA) is 99.8 Å². The van der Waals surface area contributed by atoms with Crippen molar-refractivity contribution >= 4 is 15.7 Å². The van der Waals surface area contributed by atoms with E-state index in [1.165, 1.54) is 6.20 Å². The molecule has 2 rings (SSSR count). The molecule has 0 saturated heterocycles. The first-order valence-corrected chi connectivity index (χ1v) is 7.69. The summed E-state index contributed by atoms with van der Waals surface area (Å²) in [5.74, 6) is 0. The summed E-state index contributed by atoms with van der Waals surface area (Å²) in [4.78, 5) is 4.02. The van der Waals surface area contributed by atoms with Gasteiger partial charge in [-0.25, -0.2) is 13.1 Å². The molecule has 20 heavy (non-hydrogen) atoms. The summed E-state index contributed by atoms with van der Waals surface area (Å²) in [7, 11) is -3.62. The standard InChI is InChI=1S/C12H17N5O2S/c1-3-14-11-4-5-13-8-12(11)20(18,19)16-7-10-6-15-17-9(10)2/h4-6,8,16H,3,7H2,1-2H3,(H,13,14)(H,15,17). The summed E-state index contributed by atoms with van der Waals surface area (Å²) in [6.07, 6.45) is 4.49. The predicted molar refractivity (Wildman–Crippen MR) is 75.8 cm³/mol. The molecule has 7 nitrogen and oxygen atoms in total. The third-order valence-corrected chi connectivity index (χ3v) is 4.26. The van der Waals surface area contributed by atoms with E-state index in [1.807, 2.05) is 13.8 Å². The molecule has 2 aromatic heterocycles. The third kappa shape index (κ3) is 3.14. The number of nitrogens with one attached hydrogen (secondary N) is 3. The molecular formula is C12H17N5O2S. The van der Waals surface area contributed by atoms with E-state index in [2.05, 4.69) is 25.2 Å². The second kappa shape index (κ2) is 6.02. The molecule has 0 atom stereocenters. The number of hydrogen-bond acceptors (Lipinski definition) is 5. The Morgan fingerprint density at radius 1 is 1.35 bits per heavy atom. The van der Waals surface area contributed by atoms with Gasteiger partial charge in [0.2, 0.25) is 10.0 Å². The number of sulfonamides is 1. The van der Waals surface area contributed by atoms with Crippen molar-refractivity contribution in [3.63, 3.8) is 0 Å². The Labute approximate surface area is 117 Å². The quantitative estimate of drug-likeness (QED) is 0.739. The summed E-state index contributed by atoms with van der Waals surface area (Å²) >= 11 is 0. The number of aryl methyl sites for hydroxylation is 1. The van der Waals surface area contributed by atoms with Gasteiger partial charge < -0.3 is 5.32 Å². The molecule has 0 aliphatic carbocycles. The Hall–Kier alpha value is -1.93. The third-order valence-electron chi connectivity index (χ3n) is 2.83. The van der Waals surface area contributed by atoms with Crippen molar-refractivity contribution in [3.8, 4) is 0 Å². The van der Waals surface area contributed by atoms with Crippen molar-refractivity contribution in [2.45, 2.75) is 25.3 Å². The van der Waals surface area contributed by atoms with Gasteiger partial charge in [0.15, 0.2) is 0 Å². The van der Waals surface area contributed by atoms with E-state index in [-0.39, 0.29) is 11.4 Å².